The molecule has 1 aliphatic rings. The maximum absolute atomic E-state index is 6.26. The van der Waals surface area contributed by atoms with Crippen molar-refractivity contribution in [3.8, 4) is 0 Å². The van der Waals surface area contributed by atoms with Gasteiger partial charge in [-0.25, -0.2) is 0 Å². The third kappa shape index (κ3) is 3.69. The van der Waals surface area contributed by atoms with E-state index in [-0.39, 0.29) is 6.17 Å². The molecule has 4 heteroatoms. The molecule has 0 amide bonds. The molecule has 0 radical (unpaired) electrons. The fourth-order valence-corrected chi connectivity index (χ4v) is 3.83. The first-order valence-electron chi connectivity index (χ1n) is 7.54. The highest BCUT2D eigenvalue weighted by molar-refractivity contribution is 8.23. The lowest BCUT2D eigenvalue weighted by molar-refractivity contribution is 0.692. The topological polar surface area (TPSA) is 38.0 Å². The van der Waals surface area contributed by atoms with Crippen molar-refractivity contribution in [2.75, 3.05) is 0 Å². The molecule has 0 spiro atoms. The molecule has 3 N–H and O–H groups in total. The largest absolute Gasteiger partial charge is 0.352 e. The van der Waals surface area contributed by atoms with Gasteiger partial charge in [-0.15, -0.1) is 0 Å². The number of benzene rings is 2. The van der Waals surface area contributed by atoms with Crippen LogP contribution in [-0.4, -0.2) is 4.32 Å². The minimum absolute atomic E-state index is 0.253. The van der Waals surface area contributed by atoms with Crippen LogP contribution in [0.2, 0.25) is 0 Å². The lowest BCUT2D eigenvalue weighted by Gasteiger charge is -2.17. The zero-order valence-electron chi connectivity index (χ0n) is 12.6. The van der Waals surface area contributed by atoms with E-state index in [1.165, 1.54) is 36.0 Å². The normalized spacial score (nSPS) is 14.5. The zero-order chi connectivity index (χ0) is 15.5. The van der Waals surface area contributed by atoms with Crippen LogP contribution in [0, 0.1) is 6.92 Å². The van der Waals surface area contributed by atoms with Gasteiger partial charge in [0, 0.05) is 4.90 Å². The number of thiocarbonyl (C=S) groups is 1. The van der Waals surface area contributed by atoms with Crippen LogP contribution in [-0.2, 0) is 12.8 Å². The van der Waals surface area contributed by atoms with E-state index < -0.39 is 0 Å². The van der Waals surface area contributed by atoms with Crippen LogP contribution in [0.25, 0.3) is 0 Å². The molecule has 22 heavy (non-hydrogen) atoms. The van der Waals surface area contributed by atoms with Crippen molar-refractivity contribution in [2.45, 2.75) is 37.2 Å². The van der Waals surface area contributed by atoms with Gasteiger partial charge in [0.25, 0.3) is 0 Å². The number of hydrogen-bond acceptors (Lipinski definition) is 3. The highest BCUT2D eigenvalue weighted by Crippen LogP contribution is 2.25. The molecule has 114 valence electrons. The molecular weight excluding hydrogens is 308 g/mol. The molecule has 0 saturated carbocycles. The van der Waals surface area contributed by atoms with Crippen molar-refractivity contribution in [1.82, 2.24) is 5.32 Å². The summed E-state index contributed by atoms with van der Waals surface area (Å²) in [4.78, 5) is 1.13. The second-order valence-electron chi connectivity index (χ2n) is 5.71. The molecule has 0 saturated heterocycles. The number of thioether (sulfide) groups is 1. The first-order valence-corrected chi connectivity index (χ1v) is 8.76. The predicted molar refractivity (Wildman–Crippen MR) is 98.2 cm³/mol. The van der Waals surface area contributed by atoms with Crippen LogP contribution in [0.4, 0.5) is 0 Å². The lowest BCUT2D eigenvalue weighted by Crippen LogP contribution is -2.31. The number of fused-ring (bicyclic) bond motifs is 1. The lowest BCUT2D eigenvalue weighted by atomic mass is 10.1. The van der Waals surface area contributed by atoms with Gasteiger partial charge in [0.2, 0.25) is 0 Å². The summed E-state index contributed by atoms with van der Waals surface area (Å²) in [5.74, 6) is 0. The van der Waals surface area contributed by atoms with E-state index in [0.29, 0.717) is 4.32 Å². The third-order valence-corrected chi connectivity index (χ3v) is 5.17. The van der Waals surface area contributed by atoms with Gasteiger partial charge in [-0.2, -0.15) is 0 Å². The Bertz CT molecular complexity index is 680. The third-order valence-electron chi connectivity index (χ3n) is 3.99. The molecule has 1 atom stereocenters. The molecular formula is C18H20N2S2. The van der Waals surface area contributed by atoms with Crippen LogP contribution in [0.3, 0.4) is 0 Å². The highest BCUT2D eigenvalue weighted by atomic mass is 32.2. The standard InChI is InChI=1S/C18H20N2S2/c1-12-5-9-16(10-6-12)22-18(21)20-17(19)15-8-7-13-3-2-4-14(13)11-15/h5-11,17H,2-4,19H2,1H3,(H,20,21). The Morgan fingerprint density at radius 3 is 2.64 bits per heavy atom. The Kier molecular flexibility index (Phi) is 4.81. The Morgan fingerprint density at radius 2 is 1.86 bits per heavy atom. The van der Waals surface area contributed by atoms with Crippen LogP contribution < -0.4 is 11.1 Å². The van der Waals surface area contributed by atoms with Crippen molar-refractivity contribution >= 4 is 28.3 Å². The van der Waals surface area contributed by atoms with E-state index in [1.54, 1.807) is 11.8 Å². The van der Waals surface area contributed by atoms with Crippen molar-refractivity contribution in [1.29, 1.82) is 0 Å². The second-order valence-corrected chi connectivity index (χ2v) is 7.46. The van der Waals surface area contributed by atoms with E-state index in [4.69, 9.17) is 18.0 Å². The molecule has 2 aromatic carbocycles. The van der Waals surface area contributed by atoms with Crippen molar-refractivity contribution in [3.05, 3.63) is 64.7 Å². The Morgan fingerprint density at radius 1 is 1.14 bits per heavy atom. The van der Waals surface area contributed by atoms with E-state index in [1.807, 2.05) is 0 Å². The fourth-order valence-electron chi connectivity index (χ4n) is 2.74. The van der Waals surface area contributed by atoms with Crippen LogP contribution in [0.15, 0.2) is 47.4 Å². The monoisotopic (exact) mass is 328 g/mol. The van der Waals surface area contributed by atoms with Gasteiger partial charge in [0.15, 0.2) is 0 Å². The Hall–Kier alpha value is -1.36. The minimum atomic E-state index is -0.253. The van der Waals surface area contributed by atoms with E-state index in [2.05, 4.69) is 54.7 Å². The van der Waals surface area contributed by atoms with Crippen molar-refractivity contribution in [2.24, 2.45) is 5.73 Å². The number of rotatable bonds is 3. The van der Waals surface area contributed by atoms with Crippen molar-refractivity contribution in [3.63, 3.8) is 0 Å². The molecule has 1 unspecified atom stereocenters. The Labute approximate surface area is 141 Å². The SMILES string of the molecule is Cc1ccc(SC(=S)NC(N)c2ccc3c(c2)CCC3)cc1. The van der Waals surface area contributed by atoms with Gasteiger partial charge >= 0.3 is 0 Å². The molecule has 0 heterocycles. The Balaban J connectivity index is 1.62. The van der Waals surface area contributed by atoms with Gasteiger partial charge in [-0.1, -0.05) is 59.9 Å². The number of nitrogens with two attached hydrogens (primary N) is 1. The molecule has 0 bridgehead atoms. The van der Waals surface area contributed by atoms with Gasteiger partial charge in [-0.3, -0.25) is 0 Å². The minimum Gasteiger partial charge on any atom is -0.352 e. The highest BCUT2D eigenvalue weighted by Gasteiger charge is 2.14. The van der Waals surface area contributed by atoms with Crippen LogP contribution >= 0.6 is 24.0 Å². The summed E-state index contributed by atoms with van der Waals surface area (Å²) in [6, 6.07) is 14.9. The van der Waals surface area contributed by atoms with E-state index >= 15 is 0 Å². The van der Waals surface area contributed by atoms with Crippen LogP contribution in [0.1, 0.15) is 34.8 Å². The quantitative estimate of drug-likeness (QED) is 0.505. The fraction of sp³-hybridized carbons (Fsp3) is 0.278. The summed E-state index contributed by atoms with van der Waals surface area (Å²) in [6.45, 7) is 2.08. The molecule has 0 aromatic heterocycles. The van der Waals surface area contributed by atoms with Crippen LogP contribution in [0.5, 0.6) is 0 Å². The van der Waals surface area contributed by atoms with Gasteiger partial charge in [-0.05, 0) is 55.0 Å². The number of aryl methyl sites for hydroxylation is 3. The van der Waals surface area contributed by atoms with Gasteiger partial charge in [0.1, 0.15) is 10.5 Å². The summed E-state index contributed by atoms with van der Waals surface area (Å²) in [7, 11) is 0. The van der Waals surface area contributed by atoms with E-state index in [9.17, 15) is 0 Å². The summed E-state index contributed by atoms with van der Waals surface area (Å²) in [6.07, 6.45) is 3.36. The average molecular weight is 329 g/mol. The second kappa shape index (κ2) is 6.82. The van der Waals surface area contributed by atoms with Gasteiger partial charge in [0.05, 0.1) is 0 Å². The van der Waals surface area contributed by atoms with Crippen molar-refractivity contribution < 1.29 is 0 Å². The zero-order valence-corrected chi connectivity index (χ0v) is 14.3. The average Bonchev–Trinajstić information content (AvgIpc) is 2.97. The molecule has 0 aliphatic heterocycles. The maximum Gasteiger partial charge on any atom is 0.140 e. The molecule has 3 rings (SSSR count). The summed E-state index contributed by atoms with van der Waals surface area (Å²) in [5, 5.41) is 3.22. The first kappa shape index (κ1) is 15.5. The molecule has 2 aromatic rings. The maximum atomic E-state index is 6.26. The number of hydrogen-bond donors (Lipinski definition) is 2. The van der Waals surface area contributed by atoms with Gasteiger partial charge < -0.3 is 11.1 Å². The first-order chi connectivity index (χ1) is 10.6. The summed E-state index contributed by atoms with van der Waals surface area (Å²) < 4.78 is 0.705. The predicted octanol–water partition coefficient (Wildman–Crippen LogP) is 4.11. The van der Waals surface area contributed by atoms with E-state index in [0.717, 1.165) is 10.5 Å². The molecule has 0 fully saturated rings. The smallest absolute Gasteiger partial charge is 0.140 e. The summed E-state index contributed by atoms with van der Waals surface area (Å²) in [5.41, 5.74) is 11.5. The summed E-state index contributed by atoms with van der Waals surface area (Å²) >= 11 is 6.96. The molecule has 1 aliphatic carbocycles. The molecule has 2 nitrogen and oxygen atoms in total. The number of nitrogens with one attached hydrogen (secondary N) is 1.